The van der Waals surface area contributed by atoms with Crippen molar-refractivity contribution in [3.8, 4) is 0 Å². The molecular weight excluding hydrogens is 240 g/mol. The van der Waals surface area contributed by atoms with Crippen LogP contribution in [-0.2, 0) is 4.79 Å². The second-order valence-electron chi connectivity index (χ2n) is 6.28. The maximum atomic E-state index is 11.4. The Labute approximate surface area is 117 Å². The lowest BCUT2D eigenvalue weighted by atomic mass is 9.95. The van der Waals surface area contributed by atoms with E-state index in [-0.39, 0.29) is 0 Å². The van der Waals surface area contributed by atoms with Crippen molar-refractivity contribution < 1.29 is 9.90 Å². The van der Waals surface area contributed by atoms with E-state index >= 15 is 0 Å². The summed E-state index contributed by atoms with van der Waals surface area (Å²) in [6.45, 7) is 7.23. The Morgan fingerprint density at radius 2 is 2.16 bits per heavy atom. The molecule has 1 aliphatic carbocycles. The van der Waals surface area contributed by atoms with Crippen LogP contribution in [0.4, 0.5) is 0 Å². The molecule has 1 rings (SSSR count). The zero-order chi connectivity index (χ0) is 14.5. The van der Waals surface area contributed by atoms with E-state index in [9.17, 15) is 9.90 Å². The summed E-state index contributed by atoms with van der Waals surface area (Å²) in [6, 6.07) is 1.01. The Balaban J connectivity index is 2.33. The van der Waals surface area contributed by atoms with Gasteiger partial charge in [0, 0.05) is 12.1 Å². The number of hydrogen-bond acceptors (Lipinski definition) is 3. The van der Waals surface area contributed by atoms with Crippen molar-refractivity contribution in [2.24, 2.45) is 0 Å². The molecule has 2 unspecified atom stereocenters. The van der Waals surface area contributed by atoms with Gasteiger partial charge in [-0.2, -0.15) is 0 Å². The second kappa shape index (κ2) is 7.25. The van der Waals surface area contributed by atoms with E-state index in [4.69, 9.17) is 0 Å². The fourth-order valence-corrected chi connectivity index (χ4v) is 2.46. The molecule has 1 saturated carbocycles. The van der Waals surface area contributed by atoms with Gasteiger partial charge in [0.25, 0.3) is 0 Å². The summed E-state index contributed by atoms with van der Waals surface area (Å²) in [5.41, 5.74) is -0.754. The third kappa shape index (κ3) is 5.49. The van der Waals surface area contributed by atoms with E-state index in [1.807, 2.05) is 6.92 Å². The zero-order valence-electron chi connectivity index (χ0n) is 12.9. The van der Waals surface area contributed by atoms with Crippen molar-refractivity contribution >= 4 is 5.97 Å². The van der Waals surface area contributed by atoms with Gasteiger partial charge in [0.05, 0.1) is 0 Å². The minimum atomic E-state index is -0.754. The first kappa shape index (κ1) is 16.4. The van der Waals surface area contributed by atoms with Gasteiger partial charge >= 0.3 is 5.97 Å². The van der Waals surface area contributed by atoms with Gasteiger partial charge in [-0.05, 0) is 59.5 Å². The van der Waals surface area contributed by atoms with Crippen LogP contribution < -0.4 is 5.32 Å². The van der Waals surface area contributed by atoms with Gasteiger partial charge in [0.15, 0.2) is 0 Å². The van der Waals surface area contributed by atoms with Gasteiger partial charge in [-0.15, -0.1) is 0 Å². The van der Waals surface area contributed by atoms with Crippen molar-refractivity contribution in [1.29, 1.82) is 0 Å². The van der Waals surface area contributed by atoms with Crippen LogP contribution in [0.25, 0.3) is 0 Å². The van der Waals surface area contributed by atoms with E-state index in [1.54, 1.807) is 0 Å². The smallest absolute Gasteiger partial charge is 0.323 e. The molecule has 0 radical (unpaired) electrons. The van der Waals surface area contributed by atoms with Crippen LogP contribution in [0.1, 0.15) is 59.3 Å². The lowest BCUT2D eigenvalue weighted by Gasteiger charge is -2.29. The number of aliphatic carboxylic acids is 1. The minimum Gasteiger partial charge on any atom is -0.480 e. The highest BCUT2D eigenvalue weighted by Crippen LogP contribution is 2.25. The summed E-state index contributed by atoms with van der Waals surface area (Å²) < 4.78 is 0. The molecule has 4 heteroatoms. The van der Waals surface area contributed by atoms with Crippen LogP contribution in [0, 0.1) is 0 Å². The third-order valence-electron chi connectivity index (χ3n) is 4.22. The van der Waals surface area contributed by atoms with E-state index in [0.29, 0.717) is 18.5 Å². The van der Waals surface area contributed by atoms with E-state index in [0.717, 1.165) is 25.8 Å². The third-order valence-corrected chi connectivity index (χ3v) is 4.22. The SMILES string of the molecule is CCCC(C)N(C)CCCC(C)(NC1CC1)C(=O)O. The largest absolute Gasteiger partial charge is 0.480 e. The Bertz CT molecular complexity index is 292. The quantitative estimate of drug-likeness (QED) is 0.640. The molecule has 1 aliphatic rings. The molecule has 0 saturated heterocycles. The van der Waals surface area contributed by atoms with Crippen LogP contribution >= 0.6 is 0 Å². The predicted molar refractivity (Wildman–Crippen MR) is 78.4 cm³/mol. The molecule has 112 valence electrons. The van der Waals surface area contributed by atoms with Crippen LogP contribution in [0.3, 0.4) is 0 Å². The number of carboxylic acids is 1. The molecular formula is C15H30N2O2. The van der Waals surface area contributed by atoms with Crippen molar-refractivity contribution in [2.45, 2.75) is 76.9 Å². The fourth-order valence-electron chi connectivity index (χ4n) is 2.46. The first-order valence-corrected chi connectivity index (χ1v) is 7.60. The van der Waals surface area contributed by atoms with Crippen LogP contribution in [-0.4, -0.2) is 47.2 Å². The number of carboxylic acid groups (broad SMARTS) is 1. The van der Waals surface area contributed by atoms with Gasteiger partial charge in [0.1, 0.15) is 5.54 Å². The van der Waals surface area contributed by atoms with E-state index < -0.39 is 11.5 Å². The molecule has 1 fully saturated rings. The van der Waals surface area contributed by atoms with Gasteiger partial charge in [-0.1, -0.05) is 13.3 Å². The summed E-state index contributed by atoms with van der Waals surface area (Å²) >= 11 is 0. The fraction of sp³-hybridized carbons (Fsp3) is 0.933. The Hall–Kier alpha value is -0.610. The van der Waals surface area contributed by atoms with Crippen molar-refractivity contribution in [3.05, 3.63) is 0 Å². The first-order valence-electron chi connectivity index (χ1n) is 7.60. The summed E-state index contributed by atoms with van der Waals surface area (Å²) in [4.78, 5) is 13.8. The van der Waals surface area contributed by atoms with Gasteiger partial charge in [0.2, 0.25) is 0 Å². The molecule has 19 heavy (non-hydrogen) atoms. The Morgan fingerprint density at radius 3 is 2.63 bits per heavy atom. The molecule has 0 aromatic heterocycles. The average molecular weight is 270 g/mol. The highest BCUT2D eigenvalue weighted by Gasteiger charge is 2.37. The summed E-state index contributed by atoms with van der Waals surface area (Å²) in [5.74, 6) is -0.719. The van der Waals surface area contributed by atoms with Crippen molar-refractivity contribution in [3.63, 3.8) is 0 Å². The standard InChI is InChI=1S/C15H30N2O2/c1-5-7-12(2)17(4)11-6-10-15(3,14(18)19)16-13-8-9-13/h12-13,16H,5-11H2,1-4H3,(H,18,19). The topological polar surface area (TPSA) is 52.6 Å². The summed E-state index contributed by atoms with van der Waals surface area (Å²) in [5, 5.41) is 12.7. The molecule has 2 atom stereocenters. The minimum absolute atomic E-state index is 0.429. The maximum Gasteiger partial charge on any atom is 0.323 e. The van der Waals surface area contributed by atoms with Gasteiger partial charge in [-0.3, -0.25) is 10.1 Å². The maximum absolute atomic E-state index is 11.4. The van der Waals surface area contributed by atoms with Gasteiger partial charge in [-0.25, -0.2) is 0 Å². The normalized spacial score (nSPS) is 20.3. The van der Waals surface area contributed by atoms with E-state index in [2.05, 4.69) is 31.1 Å². The Morgan fingerprint density at radius 1 is 1.53 bits per heavy atom. The van der Waals surface area contributed by atoms with Crippen LogP contribution in [0.5, 0.6) is 0 Å². The zero-order valence-corrected chi connectivity index (χ0v) is 12.9. The first-order chi connectivity index (χ1) is 8.89. The molecule has 0 aliphatic heterocycles. The highest BCUT2D eigenvalue weighted by atomic mass is 16.4. The number of hydrogen-bond donors (Lipinski definition) is 2. The molecule has 0 amide bonds. The van der Waals surface area contributed by atoms with Gasteiger partial charge < -0.3 is 10.0 Å². The molecule has 0 heterocycles. The summed E-state index contributed by atoms with van der Waals surface area (Å²) in [7, 11) is 2.13. The molecule has 0 spiro atoms. The Kier molecular flexibility index (Phi) is 6.27. The lowest BCUT2D eigenvalue weighted by molar-refractivity contribution is -0.144. The monoisotopic (exact) mass is 270 g/mol. The molecule has 2 N–H and O–H groups in total. The predicted octanol–water partition coefficient (Wildman–Crippen LogP) is 2.48. The number of nitrogens with one attached hydrogen (secondary N) is 1. The number of rotatable bonds is 10. The average Bonchev–Trinajstić information content (AvgIpc) is 3.12. The number of carbonyl (C=O) groups is 1. The number of nitrogens with zero attached hydrogens (tertiary/aromatic N) is 1. The van der Waals surface area contributed by atoms with Crippen molar-refractivity contribution in [1.82, 2.24) is 10.2 Å². The second-order valence-corrected chi connectivity index (χ2v) is 6.28. The molecule has 0 aromatic rings. The highest BCUT2D eigenvalue weighted by molar-refractivity contribution is 5.78. The lowest BCUT2D eigenvalue weighted by Crippen LogP contribution is -2.51. The van der Waals surface area contributed by atoms with E-state index in [1.165, 1.54) is 12.8 Å². The van der Waals surface area contributed by atoms with Crippen LogP contribution in [0.2, 0.25) is 0 Å². The molecule has 0 bridgehead atoms. The molecule has 0 aromatic carbocycles. The molecule has 4 nitrogen and oxygen atoms in total. The summed E-state index contributed by atoms with van der Waals surface area (Å²) in [6.07, 6.45) is 6.26. The van der Waals surface area contributed by atoms with Crippen molar-refractivity contribution in [2.75, 3.05) is 13.6 Å². The van der Waals surface area contributed by atoms with Crippen LogP contribution in [0.15, 0.2) is 0 Å².